The monoisotopic (exact) mass is 338 g/mol. The molecule has 2 aromatic carbocycles. The van der Waals surface area contributed by atoms with Crippen molar-refractivity contribution in [1.29, 1.82) is 0 Å². The van der Waals surface area contributed by atoms with E-state index < -0.39 is 0 Å². The van der Waals surface area contributed by atoms with Crippen LogP contribution in [0.2, 0.25) is 0 Å². The Kier molecular flexibility index (Phi) is 4.48. The lowest BCUT2D eigenvalue weighted by atomic mass is 9.86. The number of hydrogen-bond acceptors (Lipinski definition) is 5. The van der Waals surface area contributed by atoms with E-state index >= 15 is 0 Å². The van der Waals surface area contributed by atoms with Crippen LogP contribution in [0.1, 0.15) is 30.4 Å². The molecule has 0 amide bonds. The number of phenolic OH excluding ortho intramolecular Hbond substituents is 4. The van der Waals surface area contributed by atoms with E-state index in [4.69, 9.17) is 0 Å². The molecule has 1 saturated carbocycles. The molecule has 5 nitrogen and oxygen atoms in total. The number of ketones is 1. The number of carbonyl (C=O) groups is 1. The van der Waals surface area contributed by atoms with Crippen molar-refractivity contribution in [2.45, 2.75) is 19.3 Å². The van der Waals surface area contributed by atoms with E-state index in [2.05, 4.69) is 0 Å². The average molecular weight is 338 g/mol. The zero-order chi connectivity index (χ0) is 18.0. The zero-order valence-electron chi connectivity index (χ0n) is 13.4. The molecular formula is C20H18O5. The van der Waals surface area contributed by atoms with E-state index in [0.29, 0.717) is 35.1 Å². The van der Waals surface area contributed by atoms with Crippen LogP contribution >= 0.6 is 0 Å². The third-order valence-electron chi connectivity index (χ3n) is 4.16. The first-order chi connectivity index (χ1) is 11.9. The molecule has 0 unspecified atom stereocenters. The van der Waals surface area contributed by atoms with E-state index in [1.807, 2.05) is 0 Å². The number of Topliss-reactive ketones (excluding diaryl/α,β-unsaturated/α-hetero) is 1. The van der Waals surface area contributed by atoms with Gasteiger partial charge in [-0.1, -0.05) is 0 Å². The Labute approximate surface area is 144 Å². The molecule has 1 fully saturated rings. The number of hydrogen-bond donors (Lipinski definition) is 4. The fourth-order valence-electron chi connectivity index (χ4n) is 2.86. The topological polar surface area (TPSA) is 98.0 Å². The first-order valence-corrected chi connectivity index (χ1v) is 7.94. The van der Waals surface area contributed by atoms with Gasteiger partial charge in [-0.05, 0) is 55.7 Å². The molecule has 1 aliphatic carbocycles. The molecule has 0 radical (unpaired) electrons. The van der Waals surface area contributed by atoms with Crippen molar-refractivity contribution in [2.75, 3.05) is 0 Å². The molecule has 0 spiro atoms. The molecular weight excluding hydrogens is 320 g/mol. The van der Waals surface area contributed by atoms with Crippen LogP contribution in [0, 0.1) is 0 Å². The van der Waals surface area contributed by atoms with Gasteiger partial charge in [0.1, 0.15) is 23.0 Å². The second-order valence-corrected chi connectivity index (χ2v) is 6.01. The minimum atomic E-state index is -0.133. The Morgan fingerprint density at radius 2 is 1.16 bits per heavy atom. The maximum Gasteiger partial charge on any atom is 0.185 e. The molecule has 0 heterocycles. The van der Waals surface area contributed by atoms with Gasteiger partial charge in [0.05, 0.1) is 0 Å². The molecule has 0 atom stereocenters. The van der Waals surface area contributed by atoms with Gasteiger partial charge in [0.2, 0.25) is 0 Å². The van der Waals surface area contributed by atoms with E-state index in [1.165, 1.54) is 24.3 Å². The molecule has 2 aromatic rings. The second-order valence-electron chi connectivity index (χ2n) is 6.01. The van der Waals surface area contributed by atoms with Gasteiger partial charge in [-0.2, -0.15) is 0 Å². The normalized spacial score (nSPS) is 18.0. The molecule has 5 heteroatoms. The van der Waals surface area contributed by atoms with Gasteiger partial charge in [0.25, 0.3) is 0 Å². The molecule has 1 aliphatic rings. The SMILES string of the molecule is O=C1C(=Cc2ccc(O)cc2O)CCCC1=Cc1ccc(O)cc1O. The van der Waals surface area contributed by atoms with E-state index in [1.54, 1.807) is 24.3 Å². The summed E-state index contributed by atoms with van der Waals surface area (Å²) in [7, 11) is 0. The second kappa shape index (κ2) is 6.73. The van der Waals surface area contributed by atoms with Crippen LogP contribution in [0.4, 0.5) is 0 Å². The summed E-state index contributed by atoms with van der Waals surface area (Å²) < 4.78 is 0. The lowest BCUT2D eigenvalue weighted by Crippen LogP contribution is -2.12. The summed E-state index contributed by atoms with van der Waals surface area (Å²) in [4.78, 5) is 12.7. The van der Waals surface area contributed by atoms with Crippen LogP contribution in [0.3, 0.4) is 0 Å². The highest BCUT2D eigenvalue weighted by molar-refractivity contribution is 6.14. The standard InChI is InChI=1S/C20H18O5/c21-16-6-4-12(18(23)10-16)8-14-2-1-3-15(20(14)25)9-13-5-7-17(22)11-19(13)24/h4-11,21-24H,1-3H2. The van der Waals surface area contributed by atoms with Crippen molar-refractivity contribution in [1.82, 2.24) is 0 Å². The van der Waals surface area contributed by atoms with Crippen LogP contribution in [0.5, 0.6) is 23.0 Å². The Hall–Kier alpha value is -3.21. The maximum atomic E-state index is 12.7. The molecule has 25 heavy (non-hydrogen) atoms. The Bertz CT molecular complexity index is 821. The molecule has 0 aliphatic heterocycles. The lowest BCUT2D eigenvalue weighted by Gasteiger charge is -2.17. The highest BCUT2D eigenvalue weighted by atomic mass is 16.3. The van der Waals surface area contributed by atoms with Gasteiger partial charge in [-0.25, -0.2) is 0 Å². The van der Waals surface area contributed by atoms with E-state index in [0.717, 1.165) is 6.42 Å². The zero-order valence-corrected chi connectivity index (χ0v) is 13.4. The summed E-state index contributed by atoms with van der Waals surface area (Å²) in [5.74, 6) is -0.401. The van der Waals surface area contributed by atoms with Crippen molar-refractivity contribution < 1.29 is 25.2 Å². The third kappa shape index (κ3) is 3.66. The predicted octanol–water partition coefficient (Wildman–Crippen LogP) is 3.73. The fourth-order valence-corrected chi connectivity index (χ4v) is 2.86. The summed E-state index contributed by atoms with van der Waals surface area (Å²) >= 11 is 0. The number of benzene rings is 2. The van der Waals surface area contributed by atoms with Crippen LogP contribution in [0.25, 0.3) is 12.2 Å². The summed E-state index contributed by atoms with van der Waals surface area (Å²) in [6, 6.07) is 8.45. The number of phenols is 4. The molecule has 128 valence electrons. The number of carbonyl (C=O) groups excluding carboxylic acids is 1. The van der Waals surface area contributed by atoms with Crippen LogP contribution in [-0.2, 0) is 4.79 Å². The van der Waals surface area contributed by atoms with Gasteiger partial charge in [-0.15, -0.1) is 0 Å². The molecule has 3 rings (SSSR count). The highest BCUT2D eigenvalue weighted by Crippen LogP contribution is 2.32. The Balaban J connectivity index is 1.93. The minimum absolute atomic E-state index is 0.0435. The number of rotatable bonds is 2. The van der Waals surface area contributed by atoms with Crippen LogP contribution < -0.4 is 0 Å². The van der Waals surface area contributed by atoms with Crippen molar-refractivity contribution in [2.24, 2.45) is 0 Å². The van der Waals surface area contributed by atoms with Gasteiger partial charge < -0.3 is 20.4 Å². The smallest absolute Gasteiger partial charge is 0.185 e. The van der Waals surface area contributed by atoms with Gasteiger partial charge in [-0.3, -0.25) is 4.79 Å². The van der Waals surface area contributed by atoms with Gasteiger partial charge in [0, 0.05) is 34.4 Å². The maximum absolute atomic E-state index is 12.7. The predicted molar refractivity (Wildman–Crippen MR) is 94.4 cm³/mol. The third-order valence-corrected chi connectivity index (χ3v) is 4.16. The molecule has 0 aromatic heterocycles. The van der Waals surface area contributed by atoms with E-state index in [9.17, 15) is 25.2 Å². The van der Waals surface area contributed by atoms with Gasteiger partial charge in [0.15, 0.2) is 5.78 Å². The number of allylic oxidation sites excluding steroid dienone is 2. The Morgan fingerprint density at radius 1 is 0.720 bits per heavy atom. The Morgan fingerprint density at radius 3 is 1.56 bits per heavy atom. The van der Waals surface area contributed by atoms with Crippen molar-refractivity contribution in [3.8, 4) is 23.0 Å². The highest BCUT2D eigenvalue weighted by Gasteiger charge is 2.21. The van der Waals surface area contributed by atoms with Crippen LogP contribution in [-0.4, -0.2) is 26.2 Å². The lowest BCUT2D eigenvalue weighted by molar-refractivity contribution is -0.112. The molecule has 0 bridgehead atoms. The molecule has 4 N–H and O–H groups in total. The van der Waals surface area contributed by atoms with Crippen LogP contribution in [0.15, 0.2) is 47.5 Å². The van der Waals surface area contributed by atoms with E-state index in [-0.39, 0.29) is 28.8 Å². The first kappa shape index (κ1) is 16.6. The largest absolute Gasteiger partial charge is 0.508 e. The van der Waals surface area contributed by atoms with Crippen molar-refractivity contribution in [3.05, 3.63) is 58.7 Å². The minimum Gasteiger partial charge on any atom is -0.508 e. The van der Waals surface area contributed by atoms with Gasteiger partial charge >= 0.3 is 0 Å². The fraction of sp³-hybridized carbons (Fsp3) is 0.150. The molecule has 0 saturated heterocycles. The summed E-state index contributed by atoms with van der Waals surface area (Å²) in [5, 5.41) is 38.5. The van der Waals surface area contributed by atoms with Crippen molar-refractivity contribution >= 4 is 17.9 Å². The first-order valence-electron chi connectivity index (χ1n) is 7.94. The summed E-state index contributed by atoms with van der Waals surface area (Å²) in [6.45, 7) is 0. The summed E-state index contributed by atoms with van der Waals surface area (Å²) in [6.07, 6.45) is 5.22. The quantitative estimate of drug-likeness (QED) is 0.626. The van der Waals surface area contributed by atoms with Crippen molar-refractivity contribution in [3.63, 3.8) is 0 Å². The number of aromatic hydroxyl groups is 4. The summed E-state index contributed by atoms with van der Waals surface area (Å²) in [5.41, 5.74) is 2.07. The average Bonchev–Trinajstić information content (AvgIpc) is 2.56.